The summed E-state index contributed by atoms with van der Waals surface area (Å²) in [7, 11) is 2.23. The summed E-state index contributed by atoms with van der Waals surface area (Å²) in [6, 6.07) is 7.40. The average Bonchev–Trinajstić information content (AvgIpc) is 2.38. The van der Waals surface area contributed by atoms with E-state index in [1.807, 2.05) is 0 Å². The molecule has 0 bridgehead atoms. The number of rotatable bonds is 3. The van der Waals surface area contributed by atoms with E-state index in [9.17, 15) is 0 Å². The molecular formula is C15H21Br2N. The van der Waals surface area contributed by atoms with Gasteiger partial charge in [0.15, 0.2) is 0 Å². The molecular weight excluding hydrogens is 354 g/mol. The minimum Gasteiger partial charge on any atom is -0.372 e. The summed E-state index contributed by atoms with van der Waals surface area (Å²) in [5, 5.41) is 0.901. The van der Waals surface area contributed by atoms with Gasteiger partial charge in [-0.05, 0) is 49.3 Å². The Balaban J connectivity index is 2.08. The maximum Gasteiger partial charge on any atom is 0.0377 e. The molecule has 1 saturated carbocycles. The van der Waals surface area contributed by atoms with Crippen LogP contribution in [0.25, 0.3) is 0 Å². The smallest absolute Gasteiger partial charge is 0.0377 e. The molecule has 1 aromatic rings. The summed E-state index contributed by atoms with van der Waals surface area (Å²) in [6.07, 6.45) is 5.40. The average molecular weight is 375 g/mol. The lowest BCUT2D eigenvalue weighted by atomic mass is 9.86. The molecule has 1 aromatic carbocycles. The highest BCUT2D eigenvalue weighted by molar-refractivity contribution is 9.10. The van der Waals surface area contributed by atoms with Gasteiger partial charge in [0.05, 0.1) is 0 Å². The van der Waals surface area contributed by atoms with Crippen molar-refractivity contribution in [3.8, 4) is 0 Å². The SMILES string of the molecule is CC1CCC(N(C)c2ccc(CBr)c(Br)c2)CC1. The molecule has 0 atom stereocenters. The molecule has 0 saturated heterocycles. The van der Waals surface area contributed by atoms with E-state index in [-0.39, 0.29) is 0 Å². The molecule has 0 unspecified atom stereocenters. The predicted molar refractivity (Wildman–Crippen MR) is 86.6 cm³/mol. The number of halogens is 2. The van der Waals surface area contributed by atoms with Crippen LogP contribution < -0.4 is 4.90 Å². The van der Waals surface area contributed by atoms with Gasteiger partial charge in [-0.25, -0.2) is 0 Å². The minimum absolute atomic E-state index is 0.711. The third kappa shape index (κ3) is 3.30. The first-order valence-electron chi connectivity index (χ1n) is 6.69. The number of benzene rings is 1. The van der Waals surface area contributed by atoms with Gasteiger partial charge in [0, 0.05) is 28.6 Å². The van der Waals surface area contributed by atoms with Crippen molar-refractivity contribution in [2.24, 2.45) is 5.92 Å². The molecule has 0 aliphatic heterocycles. The number of hydrogen-bond acceptors (Lipinski definition) is 1. The van der Waals surface area contributed by atoms with Crippen LogP contribution in [0, 0.1) is 5.92 Å². The maximum atomic E-state index is 3.65. The van der Waals surface area contributed by atoms with Crippen LogP contribution in [-0.4, -0.2) is 13.1 Å². The normalized spacial score (nSPS) is 24.0. The van der Waals surface area contributed by atoms with Gasteiger partial charge in [-0.1, -0.05) is 44.8 Å². The van der Waals surface area contributed by atoms with Crippen LogP contribution in [0.3, 0.4) is 0 Å². The van der Waals surface area contributed by atoms with Crippen molar-refractivity contribution in [1.82, 2.24) is 0 Å². The lowest BCUT2D eigenvalue weighted by Gasteiger charge is -2.35. The number of nitrogens with zero attached hydrogens (tertiary/aromatic N) is 1. The van der Waals surface area contributed by atoms with Gasteiger partial charge < -0.3 is 4.90 Å². The highest BCUT2D eigenvalue weighted by Gasteiger charge is 2.22. The van der Waals surface area contributed by atoms with Crippen LogP contribution in [0.5, 0.6) is 0 Å². The molecule has 0 spiro atoms. The monoisotopic (exact) mass is 373 g/mol. The van der Waals surface area contributed by atoms with Crippen molar-refractivity contribution in [1.29, 1.82) is 0 Å². The Bertz CT molecular complexity index is 397. The van der Waals surface area contributed by atoms with Crippen LogP contribution in [0.4, 0.5) is 5.69 Å². The Labute approximate surface area is 127 Å². The van der Waals surface area contributed by atoms with Crippen molar-refractivity contribution in [3.63, 3.8) is 0 Å². The second-order valence-electron chi connectivity index (χ2n) is 5.43. The van der Waals surface area contributed by atoms with Crippen LogP contribution in [-0.2, 0) is 5.33 Å². The molecule has 0 N–H and O–H groups in total. The van der Waals surface area contributed by atoms with Crippen molar-refractivity contribution in [2.75, 3.05) is 11.9 Å². The topological polar surface area (TPSA) is 3.24 Å². The number of alkyl halides is 1. The first kappa shape index (κ1) is 14.4. The summed E-state index contributed by atoms with van der Waals surface area (Å²) >= 11 is 7.16. The largest absolute Gasteiger partial charge is 0.372 e. The highest BCUT2D eigenvalue weighted by atomic mass is 79.9. The highest BCUT2D eigenvalue weighted by Crippen LogP contribution is 2.31. The molecule has 1 fully saturated rings. The Kier molecular flexibility index (Phi) is 5.14. The molecule has 100 valence electrons. The lowest BCUT2D eigenvalue weighted by molar-refractivity contribution is 0.341. The van der Waals surface area contributed by atoms with E-state index in [1.165, 1.54) is 41.4 Å². The molecule has 1 aliphatic carbocycles. The third-order valence-corrected chi connectivity index (χ3v) is 5.46. The van der Waals surface area contributed by atoms with Gasteiger partial charge in [0.1, 0.15) is 0 Å². The van der Waals surface area contributed by atoms with E-state index in [4.69, 9.17) is 0 Å². The van der Waals surface area contributed by atoms with Gasteiger partial charge in [-0.3, -0.25) is 0 Å². The summed E-state index contributed by atoms with van der Waals surface area (Å²) in [5.74, 6) is 0.914. The van der Waals surface area contributed by atoms with Gasteiger partial charge >= 0.3 is 0 Å². The lowest BCUT2D eigenvalue weighted by Crippen LogP contribution is -2.34. The zero-order chi connectivity index (χ0) is 13.1. The Morgan fingerprint density at radius 3 is 2.44 bits per heavy atom. The van der Waals surface area contributed by atoms with E-state index in [2.05, 4.69) is 68.9 Å². The van der Waals surface area contributed by atoms with E-state index in [0.717, 1.165) is 11.2 Å². The summed E-state index contributed by atoms with van der Waals surface area (Å²) in [5.41, 5.74) is 2.63. The molecule has 18 heavy (non-hydrogen) atoms. The maximum absolute atomic E-state index is 3.65. The van der Waals surface area contributed by atoms with Crippen LogP contribution in [0.2, 0.25) is 0 Å². The first-order valence-corrected chi connectivity index (χ1v) is 8.60. The second-order valence-corrected chi connectivity index (χ2v) is 6.85. The molecule has 3 heteroatoms. The van der Waals surface area contributed by atoms with Gasteiger partial charge in [-0.2, -0.15) is 0 Å². The van der Waals surface area contributed by atoms with Crippen LogP contribution >= 0.6 is 31.9 Å². The van der Waals surface area contributed by atoms with E-state index in [1.54, 1.807) is 0 Å². The second kappa shape index (κ2) is 6.42. The van der Waals surface area contributed by atoms with Crippen molar-refractivity contribution >= 4 is 37.5 Å². The Morgan fingerprint density at radius 1 is 1.22 bits per heavy atom. The third-order valence-electron chi connectivity index (χ3n) is 4.12. The molecule has 1 aliphatic rings. The van der Waals surface area contributed by atoms with Gasteiger partial charge in [0.2, 0.25) is 0 Å². The fraction of sp³-hybridized carbons (Fsp3) is 0.600. The first-order chi connectivity index (χ1) is 8.61. The van der Waals surface area contributed by atoms with Gasteiger partial charge in [0.25, 0.3) is 0 Å². The fourth-order valence-electron chi connectivity index (χ4n) is 2.70. The standard InChI is InChI=1S/C15H21Br2N/c1-11-3-6-13(7-4-11)18(2)14-8-5-12(10-16)15(17)9-14/h5,8-9,11,13H,3-4,6-7,10H2,1-2H3. The fourth-order valence-corrected chi connectivity index (χ4v) is 4.08. The number of anilines is 1. The van der Waals surface area contributed by atoms with Crippen LogP contribution in [0.1, 0.15) is 38.2 Å². The summed E-state index contributed by atoms with van der Waals surface area (Å²) < 4.78 is 1.20. The van der Waals surface area contributed by atoms with Gasteiger partial charge in [-0.15, -0.1) is 0 Å². The summed E-state index contributed by atoms with van der Waals surface area (Å²) in [4.78, 5) is 2.45. The summed E-state index contributed by atoms with van der Waals surface area (Å²) in [6.45, 7) is 2.37. The van der Waals surface area contributed by atoms with Crippen molar-refractivity contribution in [2.45, 2.75) is 44.0 Å². The Morgan fingerprint density at radius 2 is 1.89 bits per heavy atom. The van der Waals surface area contributed by atoms with E-state index in [0.29, 0.717) is 6.04 Å². The van der Waals surface area contributed by atoms with Crippen molar-refractivity contribution < 1.29 is 0 Å². The molecule has 2 rings (SSSR count). The number of hydrogen-bond donors (Lipinski definition) is 0. The molecule has 0 heterocycles. The minimum atomic E-state index is 0.711. The Hall–Kier alpha value is -0.0200. The molecule has 0 aromatic heterocycles. The predicted octanol–water partition coefficient (Wildman–Crippen LogP) is 5.36. The molecule has 0 radical (unpaired) electrons. The van der Waals surface area contributed by atoms with Crippen molar-refractivity contribution in [3.05, 3.63) is 28.2 Å². The zero-order valence-corrected chi connectivity index (χ0v) is 14.3. The molecule has 1 nitrogen and oxygen atoms in total. The van der Waals surface area contributed by atoms with E-state index >= 15 is 0 Å². The van der Waals surface area contributed by atoms with Crippen LogP contribution in [0.15, 0.2) is 22.7 Å². The van der Waals surface area contributed by atoms with E-state index < -0.39 is 0 Å². The molecule has 0 amide bonds. The quantitative estimate of drug-likeness (QED) is 0.643. The zero-order valence-electron chi connectivity index (χ0n) is 11.1.